The topological polar surface area (TPSA) is 74.4 Å². The van der Waals surface area contributed by atoms with Crippen molar-refractivity contribution >= 4 is 28.8 Å². The SMILES string of the molecule is COc1ccccc1N1CCN([C@H](c2cccs2)[C@@H](C)NC(=O)C(=O)N2CCOCC2)CC1. The standard InChI is InChI=1S/C24H32N4O4S/c1-18(25-23(29)24(30)28-13-15-32-16-14-28)22(21-8-5-17-33-21)27-11-9-26(10-12-27)19-6-3-4-7-20(19)31-2/h3-8,17-18,22H,9-16H2,1-2H3,(H,25,29)/t18-,22+/m1/s1. The molecule has 2 amide bonds. The molecule has 1 aromatic heterocycles. The molecular weight excluding hydrogens is 440 g/mol. The summed E-state index contributed by atoms with van der Waals surface area (Å²) in [5.74, 6) is -0.141. The molecule has 2 atom stereocenters. The van der Waals surface area contributed by atoms with Gasteiger partial charge in [0, 0.05) is 50.2 Å². The van der Waals surface area contributed by atoms with Crippen LogP contribution in [0.4, 0.5) is 5.69 Å². The molecule has 0 radical (unpaired) electrons. The first-order valence-corrected chi connectivity index (χ1v) is 12.3. The van der Waals surface area contributed by atoms with Crippen molar-refractivity contribution in [1.29, 1.82) is 0 Å². The second-order valence-electron chi connectivity index (χ2n) is 8.32. The molecular formula is C24H32N4O4S. The number of hydrogen-bond acceptors (Lipinski definition) is 7. The van der Waals surface area contributed by atoms with Crippen LogP contribution in [-0.4, -0.2) is 87.2 Å². The smallest absolute Gasteiger partial charge is 0.312 e. The number of methoxy groups -OCH3 is 1. The highest BCUT2D eigenvalue weighted by Crippen LogP contribution is 2.32. The highest BCUT2D eigenvalue weighted by Gasteiger charge is 2.33. The maximum Gasteiger partial charge on any atom is 0.312 e. The summed E-state index contributed by atoms with van der Waals surface area (Å²) in [5.41, 5.74) is 1.10. The number of carbonyl (C=O) groups is 2. The zero-order chi connectivity index (χ0) is 23.2. The predicted molar refractivity (Wildman–Crippen MR) is 129 cm³/mol. The van der Waals surface area contributed by atoms with Crippen LogP contribution >= 0.6 is 11.3 Å². The number of nitrogens with one attached hydrogen (secondary N) is 1. The van der Waals surface area contributed by atoms with Crippen LogP contribution in [-0.2, 0) is 14.3 Å². The molecule has 2 aromatic rings. The molecule has 33 heavy (non-hydrogen) atoms. The molecule has 2 fully saturated rings. The average molecular weight is 473 g/mol. The van der Waals surface area contributed by atoms with Crippen molar-refractivity contribution in [3.05, 3.63) is 46.7 Å². The number of thiophene rings is 1. The van der Waals surface area contributed by atoms with Crippen LogP contribution in [0.3, 0.4) is 0 Å². The summed E-state index contributed by atoms with van der Waals surface area (Å²) in [6.45, 7) is 7.26. The first kappa shape index (κ1) is 23.5. The van der Waals surface area contributed by atoms with Gasteiger partial charge in [-0.25, -0.2) is 0 Å². The highest BCUT2D eigenvalue weighted by molar-refractivity contribution is 7.10. The highest BCUT2D eigenvalue weighted by atomic mass is 32.1. The van der Waals surface area contributed by atoms with Gasteiger partial charge in [-0.2, -0.15) is 0 Å². The monoisotopic (exact) mass is 472 g/mol. The molecule has 3 heterocycles. The molecule has 0 bridgehead atoms. The number of morpholine rings is 1. The molecule has 2 aliphatic rings. The van der Waals surface area contributed by atoms with Crippen LogP contribution in [0.15, 0.2) is 41.8 Å². The minimum atomic E-state index is -0.543. The predicted octanol–water partition coefficient (Wildman–Crippen LogP) is 1.98. The summed E-state index contributed by atoms with van der Waals surface area (Å²) in [5, 5.41) is 5.04. The Morgan fingerprint density at radius 2 is 1.76 bits per heavy atom. The molecule has 2 aliphatic heterocycles. The number of amides is 2. The number of ether oxygens (including phenoxy) is 2. The molecule has 4 rings (SSSR count). The largest absolute Gasteiger partial charge is 0.495 e. The second-order valence-corrected chi connectivity index (χ2v) is 9.30. The van der Waals surface area contributed by atoms with E-state index in [9.17, 15) is 9.59 Å². The number of benzene rings is 1. The van der Waals surface area contributed by atoms with E-state index < -0.39 is 11.8 Å². The summed E-state index contributed by atoms with van der Waals surface area (Å²) >= 11 is 1.68. The van der Waals surface area contributed by atoms with Crippen LogP contribution in [0.25, 0.3) is 0 Å². The maximum absolute atomic E-state index is 12.7. The van der Waals surface area contributed by atoms with Crippen LogP contribution in [0, 0.1) is 0 Å². The van der Waals surface area contributed by atoms with E-state index in [2.05, 4.69) is 32.6 Å². The summed E-state index contributed by atoms with van der Waals surface area (Å²) in [7, 11) is 1.70. The summed E-state index contributed by atoms with van der Waals surface area (Å²) in [6.07, 6.45) is 0. The molecule has 0 aliphatic carbocycles. The van der Waals surface area contributed by atoms with Crippen molar-refractivity contribution in [2.75, 3.05) is 64.5 Å². The Labute approximate surface area is 199 Å². The Kier molecular flexibility index (Phi) is 7.85. The molecule has 0 unspecified atom stereocenters. The van der Waals surface area contributed by atoms with Crippen LogP contribution in [0.5, 0.6) is 5.75 Å². The van der Waals surface area contributed by atoms with Crippen molar-refractivity contribution in [3.63, 3.8) is 0 Å². The Balaban J connectivity index is 1.42. The average Bonchev–Trinajstić information content (AvgIpc) is 3.39. The summed E-state index contributed by atoms with van der Waals surface area (Å²) in [4.78, 5) is 32.8. The lowest BCUT2D eigenvalue weighted by molar-refractivity contribution is -0.149. The van der Waals surface area contributed by atoms with Gasteiger partial charge in [0.05, 0.1) is 32.1 Å². The van der Waals surface area contributed by atoms with Gasteiger partial charge in [-0.05, 0) is 30.5 Å². The number of anilines is 1. The molecule has 0 spiro atoms. The van der Waals surface area contributed by atoms with E-state index in [1.165, 1.54) is 4.88 Å². The molecule has 1 N–H and O–H groups in total. The van der Waals surface area contributed by atoms with Gasteiger partial charge in [-0.15, -0.1) is 11.3 Å². The van der Waals surface area contributed by atoms with Gasteiger partial charge in [0.15, 0.2) is 0 Å². The maximum atomic E-state index is 12.7. The normalized spacial score (nSPS) is 19.1. The minimum absolute atomic E-state index is 0.00579. The van der Waals surface area contributed by atoms with E-state index in [0.717, 1.165) is 37.6 Å². The Bertz CT molecular complexity index is 924. The van der Waals surface area contributed by atoms with Gasteiger partial charge < -0.3 is 24.6 Å². The number of nitrogens with zero attached hydrogens (tertiary/aromatic N) is 3. The van der Waals surface area contributed by atoms with E-state index in [-0.39, 0.29) is 12.1 Å². The van der Waals surface area contributed by atoms with Gasteiger partial charge in [-0.1, -0.05) is 18.2 Å². The lowest BCUT2D eigenvalue weighted by Crippen LogP contribution is -2.54. The Morgan fingerprint density at radius 1 is 1.03 bits per heavy atom. The lowest BCUT2D eigenvalue weighted by Gasteiger charge is -2.42. The zero-order valence-electron chi connectivity index (χ0n) is 19.2. The van der Waals surface area contributed by atoms with Gasteiger partial charge in [-0.3, -0.25) is 14.5 Å². The van der Waals surface area contributed by atoms with Gasteiger partial charge >= 0.3 is 11.8 Å². The third-order valence-electron chi connectivity index (χ3n) is 6.29. The fraction of sp³-hybridized carbons (Fsp3) is 0.500. The van der Waals surface area contributed by atoms with E-state index in [4.69, 9.17) is 9.47 Å². The minimum Gasteiger partial charge on any atom is -0.495 e. The number of rotatable bonds is 6. The first-order valence-electron chi connectivity index (χ1n) is 11.4. The number of carbonyl (C=O) groups excluding carboxylic acids is 2. The van der Waals surface area contributed by atoms with Crippen LogP contribution < -0.4 is 15.0 Å². The van der Waals surface area contributed by atoms with Crippen molar-refractivity contribution in [2.24, 2.45) is 0 Å². The van der Waals surface area contributed by atoms with E-state index in [0.29, 0.717) is 26.3 Å². The summed E-state index contributed by atoms with van der Waals surface area (Å²) < 4.78 is 10.8. The fourth-order valence-electron chi connectivity index (χ4n) is 4.59. The van der Waals surface area contributed by atoms with Crippen LogP contribution in [0.2, 0.25) is 0 Å². The quantitative estimate of drug-likeness (QED) is 0.649. The number of piperazine rings is 1. The Morgan fingerprint density at radius 3 is 2.42 bits per heavy atom. The third kappa shape index (κ3) is 5.48. The van der Waals surface area contributed by atoms with Gasteiger partial charge in [0.2, 0.25) is 0 Å². The Hall–Kier alpha value is -2.62. The third-order valence-corrected chi connectivity index (χ3v) is 7.24. The van der Waals surface area contributed by atoms with E-state index in [1.807, 2.05) is 31.2 Å². The van der Waals surface area contributed by atoms with Crippen LogP contribution in [0.1, 0.15) is 17.8 Å². The van der Waals surface area contributed by atoms with Crippen molar-refractivity contribution < 1.29 is 19.1 Å². The van der Waals surface area contributed by atoms with Gasteiger partial charge in [0.25, 0.3) is 0 Å². The van der Waals surface area contributed by atoms with Crippen molar-refractivity contribution in [3.8, 4) is 5.75 Å². The first-order chi connectivity index (χ1) is 16.1. The number of para-hydroxylation sites is 2. The van der Waals surface area contributed by atoms with Crippen molar-refractivity contribution in [1.82, 2.24) is 15.1 Å². The zero-order valence-corrected chi connectivity index (χ0v) is 20.1. The number of hydrogen-bond donors (Lipinski definition) is 1. The second kappa shape index (κ2) is 11.0. The molecule has 9 heteroatoms. The van der Waals surface area contributed by atoms with E-state index >= 15 is 0 Å². The molecule has 2 saturated heterocycles. The summed E-state index contributed by atoms with van der Waals surface area (Å²) in [6, 6.07) is 12.0. The molecule has 8 nitrogen and oxygen atoms in total. The van der Waals surface area contributed by atoms with E-state index in [1.54, 1.807) is 23.3 Å². The van der Waals surface area contributed by atoms with Crippen molar-refractivity contribution in [2.45, 2.75) is 19.0 Å². The molecule has 178 valence electrons. The lowest BCUT2D eigenvalue weighted by atomic mass is 10.0. The van der Waals surface area contributed by atoms with Gasteiger partial charge in [0.1, 0.15) is 5.75 Å². The molecule has 1 aromatic carbocycles. The molecule has 0 saturated carbocycles. The fourth-order valence-corrected chi connectivity index (χ4v) is 5.56.